The molecular formula is C17H37IN4O. The average molecular weight is 440 g/mol. The minimum absolute atomic E-state index is 0. The molecular weight excluding hydrogens is 403 g/mol. The first-order valence-corrected chi connectivity index (χ1v) is 8.63. The normalized spacial score (nSPS) is 21.5. The molecule has 0 aromatic heterocycles. The Morgan fingerprint density at radius 2 is 2.00 bits per heavy atom. The number of ether oxygens (including phenoxy) is 1. The lowest BCUT2D eigenvalue weighted by atomic mass is 9.89. The molecule has 0 amide bonds. The van der Waals surface area contributed by atoms with E-state index in [0.29, 0.717) is 6.04 Å². The van der Waals surface area contributed by atoms with Crippen LogP contribution in [0, 0.1) is 5.41 Å². The van der Waals surface area contributed by atoms with Gasteiger partial charge in [0, 0.05) is 33.3 Å². The highest BCUT2D eigenvalue weighted by molar-refractivity contribution is 14.0. The summed E-state index contributed by atoms with van der Waals surface area (Å²) in [6.45, 7) is 12.9. The van der Waals surface area contributed by atoms with Crippen LogP contribution in [0.5, 0.6) is 0 Å². The van der Waals surface area contributed by atoms with Gasteiger partial charge < -0.3 is 15.4 Å². The average Bonchev–Trinajstić information content (AvgIpc) is 2.49. The summed E-state index contributed by atoms with van der Waals surface area (Å²) in [5.74, 6) is 0.868. The zero-order chi connectivity index (χ0) is 16.6. The van der Waals surface area contributed by atoms with E-state index in [1.54, 1.807) is 7.11 Å². The van der Waals surface area contributed by atoms with Crippen LogP contribution in [0.1, 0.15) is 47.0 Å². The van der Waals surface area contributed by atoms with E-state index in [-0.39, 0.29) is 35.5 Å². The molecule has 0 aliphatic carbocycles. The fraction of sp³-hybridized carbons (Fsp3) is 0.941. The molecule has 1 aliphatic rings. The molecule has 138 valence electrons. The number of nitrogens with zero attached hydrogens (tertiary/aromatic N) is 2. The molecule has 1 aliphatic heterocycles. The first-order valence-electron chi connectivity index (χ1n) is 8.63. The first kappa shape index (κ1) is 22.9. The number of methoxy groups -OCH3 is 1. The molecule has 0 bridgehead atoms. The number of nitrogens with one attached hydrogen (secondary N) is 2. The topological polar surface area (TPSA) is 48.9 Å². The zero-order valence-electron chi connectivity index (χ0n) is 15.8. The number of piperidine rings is 1. The number of likely N-dealkylation sites (tertiary alicyclic amines) is 1. The van der Waals surface area contributed by atoms with E-state index >= 15 is 0 Å². The number of likely N-dealkylation sites (N-methyl/N-ethyl adjacent to an activating group) is 1. The summed E-state index contributed by atoms with van der Waals surface area (Å²) in [5.41, 5.74) is 0.114. The van der Waals surface area contributed by atoms with Gasteiger partial charge in [0.2, 0.25) is 0 Å². The first-order chi connectivity index (χ1) is 10.4. The van der Waals surface area contributed by atoms with Gasteiger partial charge in [-0.1, -0.05) is 34.1 Å². The van der Waals surface area contributed by atoms with Crippen molar-refractivity contribution >= 4 is 29.9 Å². The maximum Gasteiger partial charge on any atom is 0.191 e. The number of hydrogen-bond acceptors (Lipinski definition) is 3. The van der Waals surface area contributed by atoms with Gasteiger partial charge in [0.05, 0.1) is 6.10 Å². The standard InChI is InChI=1S/C17H36N4O.HI/c1-7-21-11-9-8-10-14(21)12-19-16(18-5)20-13-15(22-6)17(2,3)4;/h14-15H,7-13H2,1-6H3,(H2,18,19,20);1H. The zero-order valence-corrected chi connectivity index (χ0v) is 18.1. The highest BCUT2D eigenvalue weighted by Gasteiger charge is 2.25. The third-order valence-corrected chi connectivity index (χ3v) is 4.59. The molecule has 1 fully saturated rings. The number of aliphatic imine (C=N–C) groups is 1. The molecule has 5 nitrogen and oxygen atoms in total. The molecule has 0 aromatic rings. The van der Waals surface area contributed by atoms with Gasteiger partial charge in [-0.2, -0.15) is 0 Å². The number of hydrogen-bond donors (Lipinski definition) is 2. The van der Waals surface area contributed by atoms with Gasteiger partial charge in [0.25, 0.3) is 0 Å². The second-order valence-electron chi connectivity index (χ2n) is 7.20. The predicted octanol–water partition coefficient (Wildman–Crippen LogP) is 2.70. The molecule has 1 heterocycles. The molecule has 0 radical (unpaired) electrons. The van der Waals surface area contributed by atoms with E-state index in [1.165, 1.54) is 25.8 Å². The summed E-state index contributed by atoms with van der Waals surface area (Å²) < 4.78 is 5.59. The van der Waals surface area contributed by atoms with E-state index in [4.69, 9.17) is 4.74 Å². The van der Waals surface area contributed by atoms with Crippen molar-refractivity contribution in [3.8, 4) is 0 Å². The summed E-state index contributed by atoms with van der Waals surface area (Å²) >= 11 is 0. The minimum Gasteiger partial charge on any atom is -0.379 e. The number of guanidine groups is 1. The molecule has 6 heteroatoms. The predicted molar refractivity (Wildman–Crippen MR) is 110 cm³/mol. The van der Waals surface area contributed by atoms with Crippen LogP contribution < -0.4 is 10.6 Å². The van der Waals surface area contributed by atoms with Crippen molar-refractivity contribution in [2.45, 2.75) is 59.1 Å². The van der Waals surface area contributed by atoms with Crippen LogP contribution in [0.3, 0.4) is 0 Å². The van der Waals surface area contributed by atoms with Crippen LogP contribution in [-0.2, 0) is 4.74 Å². The van der Waals surface area contributed by atoms with Crippen molar-refractivity contribution in [3.63, 3.8) is 0 Å². The Bertz CT molecular complexity index is 344. The largest absolute Gasteiger partial charge is 0.379 e. The van der Waals surface area contributed by atoms with E-state index in [9.17, 15) is 0 Å². The second-order valence-corrected chi connectivity index (χ2v) is 7.20. The molecule has 2 N–H and O–H groups in total. The van der Waals surface area contributed by atoms with Gasteiger partial charge >= 0.3 is 0 Å². The Labute approximate surface area is 160 Å². The number of rotatable bonds is 6. The second kappa shape index (κ2) is 11.5. The summed E-state index contributed by atoms with van der Waals surface area (Å²) in [5, 5.41) is 6.87. The monoisotopic (exact) mass is 440 g/mol. The van der Waals surface area contributed by atoms with E-state index in [0.717, 1.165) is 25.6 Å². The molecule has 2 unspecified atom stereocenters. The third-order valence-electron chi connectivity index (χ3n) is 4.59. The van der Waals surface area contributed by atoms with Crippen molar-refractivity contribution < 1.29 is 4.74 Å². The van der Waals surface area contributed by atoms with Gasteiger partial charge in [0.15, 0.2) is 5.96 Å². The summed E-state index contributed by atoms with van der Waals surface area (Å²) in [4.78, 5) is 6.90. The van der Waals surface area contributed by atoms with Crippen molar-refractivity contribution in [1.82, 2.24) is 15.5 Å². The molecule has 1 saturated heterocycles. The maximum atomic E-state index is 5.59. The molecule has 1 rings (SSSR count). The summed E-state index contributed by atoms with van der Waals surface area (Å²) in [6, 6.07) is 0.623. The van der Waals surface area contributed by atoms with Crippen LogP contribution in [0.15, 0.2) is 4.99 Å². The highest BCUT2D eigenvalue weighted by Crippen LogP contribution is 2.21. The van der Waals surface area contributed by atoms with Gasteiger partial charge in [-0.3, -0.25) is 9.89 Å². The molecule has 2 atom stereocenters. The number of halogens is 1. The lowest BCUT2D eigenvalue weighted by molar-refractivity contribution is 0.0205. The molecule has 0 spiro atoms. The van der Waals surface area contributed by atoms with Crippen molar-refractivity contribution in [2.24, 2.45) is 10.4 Å². The Morgan fingerprint density at radius 1 is 1.30 bits per heavy atom. The Kier molecular flexibility index (Phi) is 11.4. The van der Waals surface area contributed by atoms with Crippen LogP contribution in [0.4, 0.5) is 0 Å². The SMILES string of the molecule is CCN1CCCCC1CNC(=NC)NCC(OC)C(C)(C)C.I. The lowest BCUT2D eigenvalue weighted by Gasteiger charge is -2.35. The minimum atomic E-state index is 0. The van der Waals surface area contributed by atoms with Crippen LogP contribution in [-0.4, -0.2) is 63.3 Å². The fourth-order valence-corrected chi connectivity index (χ4v) is 3.08. The van der Waals surface area contributed by atoms with E-state index in [1.807, 2.05) is 7.05 Å². The molecule has 0 saturated carbocycles. The van der Waals surface area contributed by atoms with Crippen LogP contribution >= 0.6 is 24.0 Å². The maximum absolute atomic E-state index is 5.59. The van der Waals surface area contributed by atoms with Gasteiger partial charge in [-0.15, -0.1) is 24.0 Å². The van der Waals surface area contributed by atoms with Crippen molar-refractivity contribution in [2.75, 3.05) is 40.3 Å². The quantitative estimate of drug-likeness (QED) is 0.379. The summed E-state index contributed by atoms with van der Waals surface area (Å²) in [7, 11) is 3.60. The Morgan fingerprint density at radius 3 is 2.52 bits per heavy atom. The van der Waals surface area contributed by atoms with Crippen LogP contribution in [0.25, 0.3) is 0 Å². The summed E-state index contributed by atoms with van der Waals surface area (Å²) in [6.07, 6.45) is 4.11. The molecule has 23 heavy (non-hydrogen) atoms. The van der Waals surface area contributed by atoms with Crippen molar-refractivity contribution in [3.05, 3.63) is 0 Å². The van der Waals surface area contributed by atoms with Crippen molar-refractivity contribution in [1.29, 1.82) is 0 Å². The third kappa shape index (κ3) is 8.03. The van der Waals surface area contributed by atoms with Gasteiger partial charge in [0.1, 0.15) is 0 Å². The van der Waals surface area contributed by atoms with Gasteiger partial charge in [-0.25, -0.2) is 0 Å². The van der Waals surface area contributed by atoms with E-state index < -0.39 is 0 Å². The Hall–Kier alpha value is -0.0800. The lowest BCUT2D eigenvalue weighted by Crippen LogP contribution is -2.50. The fourth-order valence-electron chi connectivity index (χ4n) is 3.08. The smallest absolute Gasteiger partial charge is 0.191 e. The van der Waals surface area contributed by atoms with Gasteiger partial charge in [-0.05, 0) is 31.3 Å². The highest BCUT2D eigenvalue weighted by atomic mass is 127. The van der Waals surface area contributed by atoms with E-state index in [2.05, 4.69) is 48.2 Å². The van der Waals surface area contributed by atoms with Crippen LogP contribution in [0.2, 0.25) is 0 Å². The molecule has 0 aromatic carbocycles. The Balaban J connectivity index is 0.00000484.